The van der Waals surface area contributed by atoms with Gasteiger partial charge < -0.3 is 18.7 Å². The number of phenols is 1. The van der Waals surface area contributed by atoms with Crippen molar-refractivity contribution < 1.29 is 18.7 Å². The lowest BCUT2D eigenvalue weighted by molar-refractivity contribution is 0.160. The molecular formula is C28H40O5Si. The third-order valence-electron chi connectivity index (χ3n) is 6.97. The third-order valence-corrected chi connectivity index (χ3v) is 11.3. The van der Waals surface area contributed by atoms with E-state index < -0.39 is 19.5 Å². The van der Waals surface area contributed by atoms with E-state index in [-0.39, 0.29) is 16.7 Å². The summed E-state index contributed by atoms with van der Waals surface area (Å²) in [5, 5.41) is 12.2. The van der Waals surface area contributed by atoms with Crippen LogP contribution in [0, 0.1) is 5.92 Å². The van der Waals surface area contributed by atoms with Gasteiger partial charge in [-0.2, -0.15) is 0 Å². The summed E-state index contributed by atoms with van der Waals surface area (Å²) in [7, 11) is -1.90. The molecule has 0 spiro atoms. The fourth-order valence-corrected chi connectivity index (χ4v) is 4.70. The first kappa shape index (κ1) is 26.1. The zero-order valence-corrected chi connectivity index (χ0v) is 23.2. The van der Waals surface area contributed by atoms with Gasteiger partial charge in [-0.25, -0.2) is 4.79 Å². The van der Waals surface area contributed by atoms with Crippen LogP contribution in [0.15, 0.2) is 33.7 Å². The van der Waals surface area contributed by atoms with Crippen LogP contribution in [0.3, 0.4) is 0 Å². The summed E-state index contributed by atoms with van der Waals surface area (Å²) in [6, 6.07) is 1.55. The molecule has 6 heteroatoms. The molecule has 1 atom stereocenters. The Morgan fingerprint density at radius 3 is 2.56 bits per heavy atom. The fraction of sp³-hybridized carbons (Fsp3) is 0.536. The predicted octanol–water partition coefficient (Wildman–Crippen LogP) is 7.35. The molecule has 0 radical (unpaired) electrons. The third kappa shape index (κ3) is 5.27. The van der Waals surface area contributed by atoms with Gasteiger partial charge in [0.15, 0.2) is 0 Å². The summed E-state index contributed by atoms with van der Waals surface area (Å²) in [5.41, 5.74) is 1.64. The van der Waals surface area contributed by atoms with Crippen LogP contribution in [0.2, 0.25) is 18.1 Å². The second-order valence-corrected chi connectivity index (χ2v) is 16.3. The van der Waals surface area contributed by atoms with Gasteiger partial charge in [-0.15, -0.1) is 0 Å². The first-order valence-corrected chi connectivity index (χ1v) is 15.1. The summed E-state index contributed by atoms with van der Waals surface area (Å²) in [5.74, 6) is 0.749. The molecule has 34 heavy (non-hydrogen) atoms. The lowest BCUT2D eigenvalue weighted by Gasteiger charge is -2.35. The van der Waals surface area contributed by atoms with Crippen LogP contribution >= 0.6 is 0 Å². The Bertz CT molecular complexity index is 1180. The smallest absolute Gasteiger partial charge is 0.336 e. The van der Waals surface area contributed by atoms with Crippen LogP contribution in [-0.4, -0.2) is 19.0 Å². The highest BCUT2D eigenvalue weighted by Gasteiger charge is 2.38. The van der Waals surface area contributed by atoms with Crippen molar-refractivity contribution in [1.29, 1.82) is 0 Å². The number of aromatic hydroxyl groups is 1. The molecule has 1 aromatic carbocycles. The number of rotatable bonds is 7. The monoisotopic (exact) mass is 484 g/mol. The van der Waals surface area contributed by atoms with Crippen molar-refractivity contribution in [2.45, 2.75) is 91.5 Å². The van der Waals surface area contributed by atoms with Crippen molar-refractivity contribution in [3.8, 4) is 11.5 Å². The minimum absolute atomic E-state index is 0.0574. The molecule has 186 valence electrons. The maximum absolute atomic E-state index is 12.5. The molecular weight excluding hydrogens is 444 g/mol. The maximum Gasteiger partial charge on any atom is 0.336 e. The summed E-state index contributed by atoms with van der Waals surface area (Å²) in [4.78, 5) is 12.5. The minimum atomic E-state index is -1.90. The Hall–Kier alpha value is -2.47. The Kier molecular flexibility index (Phi) is 7.14. The van der Waals surface area contributed by atoms with E-state index in [4.69, 9.17) is 13.6 Å². The molecule has 0 amide bonds. The van der Waals surface area contributed by atoms with Gasteiger partial charge in [-0.05, 0) is 74.5 Å². The largest absolute Gasteiger partial charge is 0.549 e. The SMILES string of the molecule is CCCc1cc(=O)oc2c(CC(C)C=CO[Si](C)(C)C(C)(C)C)c(O)c3c(c12)OC(C)(C)C=C3. The molecule has 0 aliphatic carbocycles. The van der Waals surface area contributed by atoms with Crippen molar-refractivity contribution in [1.82, 2.24) is 0 Å². The van der Waals surface area contributed by atoms with Gasteiger partial charge >= 0.3 is 5.63 Å². The number of phenolic OH excluding ortho intramolecular Hbond substituents is 1. The molecule has 0 saturated carbocycles. The molecule has 2 aromatic rings. The van der Waals surface area contributed by atoms with Crippen molar-refractivity contribution in [2.75, 3.05) is 0 Å². The van der Waals surface area contributed by atoms with Crippen LogP contribution in [0.5, 0.6) is 11.5 Å². The molecule has 2 heterocycles. The van der Waals surface area contributed by atoms with Crippen molar-refractivity contribution >= 4 is 25.4 Å². The highest BCUT2D eigenvalue weighted by molar-refractivity contribution is 6.74. The standard InChI is InChI=1S/C28H40O5Si/c1-10-11-19-17-22(29)32-25-21(16-18(2)13-15-31-34(8,9)27(3,4)5)24(30)20-12-14-28(6,7)33-26(20)23(19)25/h12-15,17-18,30H,10-11,16H2,1-9H3. The quantitative estimate of drug-likeness (QED) is 0.253. The lowest BCUT2D eigenvalue weighted by atomic mass is 9.90. The van der Waals surface area contributed by atoms with Gasteiger partial charge in [0.25, 0.3) is 0 Å². The average Bonchev–Trinajstić information content (AvgIpc) is 2.69. The zero-order chi connectivity index (χ0) is 25.5. The van der Waals surface area contributed by atoms with E-state index in [1.165, 1.54) is 0 Å². The van der Waals surface area contributed by atoms with E-state index in [1.54, 1.807) is 6.07 Å². The molecule has 0 saturated heterocycles. The molecule has 1 unspecified atom stereocenters. The molecule has 0 fully saturated rings. The Balaban J connectivity index is 2.09. The number of fused-ring (bicyclic) bond motifs is 3. The fourth-order valence-electron chi connectivity index (χ4n) is 3.92. The molecule has 0 bridgehead atoms. The Morgan fingerprint density at radius 2 is 1.94 bits per heavy atom. The average molecular weight is 485 g/mol. The highest BCUT2D eigenvalue weighted by atomic mass is 28.4. The van der Waals surface area contributed by atoms with E-state index in [2.05, 4.69) is 47.7 Å². The van der Waals surface area contributed by atoms with E-state index in [1.807, 2.05) is 38.3 Å². The molecule has 3 rings (SSSR count). The van der Waals surface area contributed by atoms with Crippen LogP contribution in [-0.2, 0) is 17.3 Å². The van der Waals surface area contributed by atoms with E-state index in [0.717, 1.165) is 23.8 Å². The van der Waals surface area contributed by atoms with Crippen molar-refractivity contribution in [3.05, 3.63) is 51.6 Å². The second-order valence-electron chi connectivity index (χ2n) is 11.5. The summed E-state index contributed by atoms with van der Waals surface area (Å²) in [6.07, 6.45) is 9.80. The number of benzene rings is 1. The van der Waals surface area contributed by atoms with Gasteiger partial charge in [0, 0.05) is 11.6 Å². The maximum atomic E-state index is 12.5. The van der Waals surface area contributed by atoms with Crippen LogP contribution in [0.4, 0.5) is 0 Å². The zero-order valence-electron chi connectivity index (χ0n) is 22.2. The molecule has 1 aliphatic heterocycles. The number of hydrogen-bond donors (Lipinski definition) is 1. The first-order valence-electron chi connectivity index (χ1n) is 12.2. The Morgan fingerprint density at radius 1 is 1.26 bits per heavy atom. The minimum Gasteiger partial charge on any atom is -0.549 e. The topological polar surface area (TPSA) is 68.9 Å². The van der Waals surface area contributed by atoms with Crippen molar-refractivity contribution in [2.24, 2.45) is 5.92 Å². The van der Waals surface area contributed by atoms with Gasteiger partial charge in [0.05, 0.1) is 17.2 Å². The van der Waals surface area contributed by atoms with Crippen molar-refractivity contribution in [3.63, 3.8) is 0 Å². The Labute approximate surface area is 204 Å². The van der Waals surface area contributed by atoms with E-state index in [9.17, 15) is 9.90 Å². The summed E-state index contributed by atoms with van der Waals surface area (Å²) < 4.78 is 18.2. The van der Waals surface area contributed by atoms with E-state index in [0.29, 0.717) is 28.9 Å². The van der Waals surface area contributed by atoms with Crippen LogP contribution < -0.4 is 10.4 Å². The summed E-state index contributed by atoms with van der Waals surface area (Å²) in [6.45, 7) is 19.1. The van der Waals surface area contributed by atoms with Crippen LogP contribution in [0.1, 0.15) is 71.6 Å². The molecule has 1 N–H and O–H groups in total. The molecule has 1 aliphatic rings. The number of aryl methyl sites for hydroxylation is 1. The van der Waals surface area contributed by atoms with E-state index >= 15 is 0 Å². The predicted molar refractivity (Wildman–Crippen MR) is 142 cm³/mol. The van der Waals surface area contributed by atoms with Crippen LogP contribution in [0.25, 0.3) is 17.0 Å². The summed E-state index contributed by atoms with van der Waals surface area (Å²) >= 11 is 0. The number of allylic oxidation sites excluding steroid dienone is 1. The van der Waals surface area contributed by atoms with Gasteiger partial charge in [-0.1, -0.05) is 41.0 Å². The van der Waals surface area contributed by atoms with Gasteiger partial charge in [0.2, 0.25) is 8.32 Å². The normalized spacial score (nSPS) is 16.5. The van der Waals surface area contributed by atoms with Gasteiger partial charge in [0.1, 0.15) is 22.7 Å². The molecule has 5 nitrogen and oxygen atoms in total. The molecule has 1 aromatic heterocycles. The lowest BCUT2D eigenvalue weighted by Crippen LogP contribution is -2.39. The first-order chi connectivity index (χ1) is 15.7. The second kappa shape index (κ2) is 9.29. The highest BCUT2D eigenvalue weighted by Crippen LogP contribution is 2.47. The van der Waals surface area contributed by atoms with Gasteiger partial charge in [-0.3, -0.25) is 0 Å². The number of hydrogen-bond acceptors (Lipinski definition) is 5. The number of ether oxygens (including phenoxy) is 1.